The molecule has 0 fully saturated rings. The smallest absolute Gasteiger partial charge is 0.319 e. The summed E-state index contributed by atoms with van der Waals surface area (Å²) in [5.41, 5.74) is 1.25. The molecule has 3 rings (SSSR count). The van der Waals surface area contributed by atoms with Crippen LogP contribution in [0.4, 0.5) is 10.5 Å². The maximum absolute atomic E-state index is 12.4. The molecule has 0 unspecified atom stereocenters. The van der Waals surface area contributed by atoms with Crippen LogP contribution in [-0.4, -0.2) is 56.4 Å². The van der Waals surface area contributed by atoms with Gasteiger partial charge in [-0.25, -0.2) is 4.79 Å². The number of hydrogen-bond acceptors (Lipinski definition) is 5. The largest absolute Gasteiger partial charge is 0.486 e. The second kappa shape index (κ2) is 9.82. The highest BCUT2D eigenvalue weighted by molar-refractivity contribution is 6.34. The van der Waals surface area contributed by atoms with Gasteiger partial charge in [0.2, 0.25) is 0 Å². The summed E-state index contributed by atoms with van der Waals surface area (Å²) < 4.78 is 11.0. The van der Waals surface area contributed by atoms with E-state index in [1.165, 1.54) is 0 Å². The Kier molecular flexibility index (Phi) is 7.19. The first kappa shape index (κ1) is 21.2. The van der Waals surface area contributed by atoms with E-state index in [-0.39, 0.29) is 5.92 Å². The fourth-order valence-electron chi connectivity index (χ4n) is 3.22. The number of ether oxygens (including phenoxy) is 2. The van der Waals surface area contributed by atoms with Crippen LogP contribution in [0.25, 0.3) is 0 Å². The Morgan fingerprint density at radius 1 is 1.17 bits per heavy atom. The van der Waals surface area contributed by atoms with Crippen LogP contribution in [0.15, 0.2) is 42.5 Å². The number of carbonyl (C=O) groups excluding carboxylic acids is 1. The average molecular weight is 420 g/mol. The molecular formula is C21H26ClN3O4. The van der Waals surface area contributed by atoms with Gasteiger partial charge in [0.1, 0.15) is 13.2 Å². The second-order valence-corrected chi connectivity index (χ2v) is 7.60. The van der Waals surface area contributed by atoms with E-state index in [0.717, 1.165) is 5.56 Å². The van der Waals surface area contributed by atoms with Gasteiger partial charge in [0.05, 0.1) is 16.8 Å². The lowest BCUT2D eigenvalue weighted by Gasteiger charge is -2.26. The van der Waals surface area contributed by atoms with Crippen molar-refractivity contribution in [1.82, 2.24) is 10.2 Å². The first-order valence-electron chi connectivity index (χ1n) is 9.46. The van der Waals surface area contributed by atoms with E-state index in [0.29, 0.717) is 48.5 Å². The second-order valence-electron chi connectivity index (χ2n) is 7.19. The molecule has 0 saturated carbocycles. The number of benzene rings is 2. The molecule has 1 aliphatic rings. The van der Waals surface area contributed by atoms with Crippen LogP contribution >= 0.6 is 11.6 Å². The summed E-state index contributed by atoms with van der Waals surface area (Å²) in [7, 11) is 3.86. The molecule has 0 bridgehead atoms. The summed E-state index contributed by atoms with van der Waals surface area (Å²) in [6.07, 6.45) is -0.697. The number of hydrogen-bond donors (Lipinski definition) is 3. The number of rotatable bonds is 7. The van der Waals surface area contributed by atoms with Crippen LogP contribution in [0.5, 0.6) is 11.5 Å². The van der Waals surface area contributed by atoms with Crippen molar-refractivity contribution in [3.63, 3.8) is 0 Å². The first-order chi connectivity index (χ1) is 13.9. The predicted molar refractivity (Wildman–Crippen MR) is 113 cm³/mol. The summed E-state index contributed by atoms with van der Waals surface area (Å²) in [6, 6.07) is 12.3. The minimum absolute atomic E-state index is 0.186. The minimum Gasteiger partial charge on any atom is -0.486 e. The molecule has 7 nitrogen and oxygen atoms in total. The first-order valence-corrected chi connectivity index (χ1v) is 9.83. The van der Waals surface area contributed by atoms with Gasteiger partial charge in [-0.15, -0.1) is 0 Å². The van der Waals surface area contributed by atoms with E-state index < -0.39 is 12.1 Å². The van der Waals surface area contributed by atoms with Crippen LogP contribution in [0.1, 0.15) is 11.7 Å². The molecule has 2 amide bonds. The maximum atomic E-state index is 12.4. The van der Waals surface area contributed by atoms with Crippen molar-refractivity contribution in [2.45, 2.75) is 6.10 Å². The van der Waals surface area contributed by atoms with E-state index in [2.05, 4.69) is 10.6 Å². The number of amides is 2. The van der Waals surface area contributed by atoms with Gasteiger partial charge in [-0.1, -0.05) is 41.9 Å². The van der Waals surface area contributed by atoms with Gasteiger partial charge < -0.3 is 30.1 Å². The van der Waals surface area contributed by atoms with Gasteiger partial charge in [-0.2, -0.15) is 0 Å². The summed E-state index contributed by atoms with van der Waals surface area (Å²) in [5, 5.41) is 16.7. The molecule has 156 valence electrons. The highest BCUT2D eigenvalue weighted by Gasteiger charge is 2.23. The third-order valence-corrected chi connectivity index (χ3v) is 4.90. The van der Waals surface area contributed by atoms with E-state index in [4.69, 9.17) is 21.1 Å². The number of fused-ring (bicyclic) bond motifs is 1. The monoisotopic (exact) mass is 419 g/mol. The Bertz CT molecular complexity index is 832. The third-order valence-electron chi connectivity index (χ3n) is 4.59. The Morgan fingerprint density at radius 2 is 1.83 bits per heavy atom. The number of carbonyl (C=O) groups is 1. The highest BCUT2D eigenvalue weighted by Crippen LogP contribution is 2.37. The van der Waals surface area contributed by atoms with E-state index in [9.17, 15) is 9.90 Å². The number of aliphatic hydroxyl groups is 1. The van der Waals surface area contributed by atoms with Crippen LogP contribution in [0.2, 0.25) is 5.02 Å². The van der Waals surface area contributed by atoms with Gasteiger partial charge in [-0.05, 0) is 19.7 Å². The molecule has 2 atom stereocenters. The topological polar surface area (TPSA) is 83.1 Å². The normalized spacial score (nSPS) is 14.9. The van der Waals surface area contributed by atoms with Crippen LogP contribution in [-0.2, 0) is 0 Å². The molecule has 0 radical (unpaired) electrons. The molecule has 0 aromatic heterocycles. The number of anilines is 1. The fourth-order valence-corrected chi connectivity index (χ4v) is 3.42. The van der Waals surface area contributed by atoms with Crippen LogP contribution < -0.4 is 20.1 Å². The van der Waals surface area contributed by atoms with Crippen LogP contribution in [0, 0.1) is 5.92 Å². The summed E-state index contributed by atoms with van der Waals surface area (Å²) in [5.74, 6) is 0.916. The van der Waals surface area contributed by atoms with Gasteiger partial charge in [0, 0.05) is 31.1 Å². The van der Waals surface area contributed by atoms with Crippen molar-refractivity contribution in [1.29, 1.82) is 0 Å². The lowest BCUT2D eigenvalue weighted by Crippen LogP contribution is -2.39. The van der Waals surface area contributed by atoms with Crippen LogP contribution in [0.3, 0.4) is 0 Å². The minimum atomic E-state index is -0.697. The molecular weight excluding hydrogens is 394 g/mol. The van der Waals surface area contributed by atoms with Gasteiger partial charge >= 0.3 is 6.03 Å². The summed E-state index contributed by atoms with van der Waals surface area (Å²) in [4.78, 5) is 14.4. The molecule has 0 spiro atoms. The van der Waals surface area contributed by atoms with Crippen molar-refractivity contribution < 1.29 is 19.4 Å². The van der Waals surface area contributed by atoms with Crippen molar-refractivity contribution in [3.05, 3.63) is 53.1 Å². The van der Waals surface area contributed by atoms with Gasteiger partial charge in [0.25, 0.3) is 0 Å². The fraction of sp³-hybridized carbons (Fsp3) is 0.381. The summed E-state index contributed by atoms with van der Waals surface area (Å²) >= 11 is 6.24. The zero-order valence-corrected chi connectivity index (χ0v) is 17.3. The number of nitrogens with one attached hydrogen (secondary N) is 2. The van der Waals surface area contributed by atoms with Crippen molar-refractivity contribution >= 4 is 23.3 Å². The average Bonchev–Trinajstić information content (AvgIpc) is 2.71. The third kappa shape index (κ3) is 5.76. The van der Waals surface area contributed by atoms with Crippen molar-refractivity contribution in [2.75, 3.05) is 45.7 Å². The Morgan fingerprint density at radius 3 is 2.48 bits per heavy atom. The molecule has 8 heteroatoms. The van der Waals surface area contributed by atoms with Gasteiger partial charge in [-0.3, -0.25) is 0 Å². The standard InChI is InChI=1S/C21H26ClN3O4/c1-25(2)13-15(20(26)14-6-4-3-5-7-14)12-23-21(27)24-17-11-19-18(10-16(17)22)28-8-9-29-19/h3-7,10-11,15,20,26H,8-9,12-13H2,1-2H3,(H2,23,24,27)/t15-,20-/m1/s1. The van der Waals surface area contributed by atoms with E-state index in [1.54, 1.807) is 12.1 Å². The molecule has 2 aromatic carbocycles. The number of nitrogens with zero attached hydrogens (tertiary/aromatic N) is 1. The Labute approximate surface area is 175 Å². The predicted octanol–water partition coefficient (Wildman–Crippen LogP) is 3.14. The summed E-state index contributed by atoms with van der Waals surface area (Å²) in [6.45, 7) is 1.82. The number of urea groups is 1. The molecule has 3 N–H and O–H groups in total. The molecule has 29 heavy (non-hydrogen) atoms. The molecule has 1 aliphatic heterocycles. The van der Waals surface area contributed by atoms with Gasteiger partial charge in [0.15, 0.2) is 11.5 Å². The van der Waals surface area contributed by atoms with E-state index in [1.807, 2.05) is 49.3 Å². The molecule has 0 aliphatic carbocycles. The molecule has 1 heterocycles. The zero-order chi connectivity index (χ0) is 20.8. The lowest BCUT2D eigenvalue weighted by molar-refractivity contribution is 0.0911. The quantitative estimate of drug-likeness (QED) is 0.642. The Hall–Kier alpha value is -2.48. The Balaban J connectivity index is 1.63. The highest BCUT2D eigenvalue weighted by atomic mass is 35.5. The molecule has 2 aromatic rings. The lowest BCUT2D eigenvalue weighted by atomic mass is 9.95. The number of halogens is 1. The zero-order valence-electron chi connectivity index (χ0n) is 16.5. The SMILES string of the molecule is CN(C)C[C@@H](CNC(=O)Nc1cc2c(cc1Cl)OCCO2)[C@H](O)c1ccccc1. The maximum Gasteiger partial charge on any atom is 0.319 e. The van der Waals surface area contributed by atoms with Crippen molar-refractivity contribution in [2.24, 2.45) is 5.92 Å². The molecule has 0 saturated heterocycles. The van der Waals surface area contributed by atoms with Crippen molar-refractivity contribution in [3.8, 4) is 11.5 Å². The number of aliphatic hydroxyl groups excluding tert-OH is 1. The van der Waals surface area contributed by atoms with E-state index >= 15 is 0 Å².